The van der Waals surface area contributed by atoms with E-state index in [2.05, 4.69) is 5.32 Å². The van der Waals surface area contributed by atoms with E-state index in [4.69, 9.17) is 4.65 Å². The van der Waals surface area contributed by atoms with Gasteiger partial charge in [-0.25, -0.2) is 0 Å². The molecular formula is C10H18BNO3. The van der Waals surface area contributed by atoms with Gasteiger partial charge in [0.2, 0.25) is 5.91 Å². The lowest BCUT2D eigenvalue weighted by molar-refractivity contribution is -0.122. The molecule has 1 saturated heterocycles. The predicted octanol–water partition coefficient (Wildman–Crippen LogP) is 0.348. The molecule has 1 aliphatic heterocycles. The monoisotopic (exact) mass is 211 g/mol. The van der Waals surface area contributed by atoms with Crippen molar-refractivity contribution in [3.05, 3.63) is 0 Å². The minimum atomic E-state index is 0.0530. The quantitative estimate of drug-likeness (QED) is 0.682. The molecule has 1 fully saturated rings. The largest absolute Gasteiger partial charge is 0.434 e. The van der Waals surface area contributed by atoms with Gasteiger partial charge in [0.15, 0.2) is 0 Å². The fourth-order valence-electron chi connectivity index (χ4n) is 1.73. The van der Waals surface area contributed by atoms with Crippen molar-refractivity contribution >= 4 is 19.2 Å². The second-order valence-corrected chi connectivity index (χ2v) is 4.06. The van der Waals surface area contributed by atoms with Gasteiger partial charge in [-0.15, -0.1) is 0 Å². The summed E-state index contributed by atoms with van der Waals surface area (Å²) in [4.78, 5) is 22.0. The van der Waals surface area contributed by atoms with Gasteiger partial charge in [0.25, 0.3) is 7.48 Å². The van der Waals surface area contributed by atoms with Gasteiger partial charge in [-0.05, 0) is 19.8 Å². The Morgan fingerprint density at radius 3 is 2.67 bits per heavy atom. The van der Waals surface area contributed by atoms with Crippen LogP contribution in [0.5, 0.6) is 0 Å². The van der Waals surface area contributed by atoms with Crippen molar-refractivity contribution in [1.29, 1.82) is 0 Å². The summed E-state index contributed by atoms with van der Waals surface area (Å²) in [5.41, 5.74) is 0. The number of ketones is 1. The van der Waals surface area contributed by atoms with Crippen LogP contribution in [0.3, 0.4) is 0 Å². The topological polar surface area (TPSA) is 55.4 Å². The third kappa shape index (κ3) is 4.47. The van der Waals surface area contributed by atoms with Gasteiger partial charge in [-0.1, -0.05) is 6.92 Å². The highest BCUT2D eigenvalue weighted by molar-refractivity contribution is 6.30. The van der Waals surface area contributed by atoms with Crippen LogP contribution in [0, 0.1) is 0 Å². The highest BCUT2D eigenvalue weighted by Crippen LogP contribution is 2.15. The minimum absolute atomic E-state index is 0.0530. The zero-order valence-electron chi connectivity index (χ0n) is 9.41. The number of Topliss-reactive ketones (excluding diaryl/α,β-unsaturated/α-hetero) is 1. The molecule has 0 radical (unpaired) electrons. The van der Waals surface area contributed by atoms with Crippen LogP contribution in [0.1, 0.15) is 39.5 Å². The number of carbonyl (C=O) groups excluding carboxylic acids is 2. The van der Waals surface area contributed by atoms with Crippen LogP contribution >= 0.6 is 0 Å². The average molecular weight is 211 g/mol. The lowest BCUT2D eigenvalue weighted by atomic mass is 9.79. The zero-order valence-corrected chi connectivity index (χ0v) is 9.41. The maximum Gasteiger partial charge on any atom is 0.297 e. The Morgan fingerprint density at radius 1 is 1.47 bits per heavy atom. The van der Waals surface area contributed by atoms with Gasteiger partial charge in [0.05, 0.1) is 0 Å². The molecule has 0 bridgehead atoms. The van der Waals surface area contributed by atoms with E-state index in [1.807, 2.05) is 6.92 Å². The van der Waals surface area contributed by atoms with Gasteiger partial charge in [-0.2, -0.15) is 0 Å². The first-order chi connectivity index (χ1) is 7.11. The number of hydrogen-bond donors (Lipinski definition) is 1. The summed E-state index contributed by atoms with van der Waals surface area (Å²) >= 11 is 0. The minimum Gasteiger partial charge on any atom is -0.434 e. The van der Waals surface area contributed by atoms with Gasteiger partial charge >= 0.3 is 0 Å². The zero-order chi connectivity index (χ0) is 11.3. The molecule has 4 nitrogen and oxygen atoms in total. The predicted molar refractivity (Wildman–Crippen MR) is 58.8 cm³/mol. The van der Waals surface area contributed by atoms with Crippen molar-refractivity contribution in [2.45, 2.75) is 51.6 Å². The van der Waals surface area contributed by atoms with E-state index < -0.39 is 0 Å². The van der Waals surface area contributed by atoms with E-state index in [0.29, 0.717) is 20.3 Å². The van der Waals surface area contributed by atoms with E-state index in [1.54, 1.807) is 6.92 Å². The van der Waals surface area contributed by atoms with E-state index in [-0.39, 0.29) is 23.7 Å². The Kier molecular flexibility index (Phi) is 4.82. The van der Waals surface area contributed by atoms with Crippen molar-refractivity contribution < 1.29 is 14.2 Å². The summed E-state index contributed by atoms with van der Waals surface area (Å²) in [6, 6.07) is 0. The summed E-state index contributed by atoms with van der Waals surface area (Å²) in [6.45, 7) is 3.41. The van der Waals surface area contributed by atoms with Crippen molar-refractivity contribution in [1.82, 2.24) is 5.32 Å². The molecular weight excluding hydrogens is 193 g/mol. The number of nitrogens with one attached hydrogen (secondary N) is 1. The Balaban J connectivity index is 2.23. The number of carbonyl (C=O) groups is 2. The third-order valence-electron chi connectivity index (χ3n) is 2.57. The first kappa shape index (κ1) is 12.2. The van der Waals surface area contributed by atoms with Crippen LogP contribution in [-0.4, -0.2) is 31.2 Å². The van der Waals surface area contributed by atoms with Crippen molar-refractivity contribution in [2.75, 3.05) is 0 Å². The molecule has 1 rings (SSSR count). The molecule has 1 heterocycles. The summed E-state index contributed by atoms with van der Waals surface area (Å²) in [5, 5.41) is 2.89. The number of rotatable bonds is 4. The second-order valence-electron chi connectivity index (χ2n) is 4.06. The van der Waals surface area contributed by atoms with Crippen molar-refractivity contribution in [3.63, 3.8) is 0 Å². The maximum atomic E-state index is 11.1. The Hall–Kier alpha value is -0.835. The summed E-state index contributed by atoms with van der Waals surface area (Å²) in [7, 11) is 0.531. The Labute approximate surface area is 91.0 Å². The van der Waals surface area contributed by atoms with E-state index in [9.17, 15) is 9.59 Å². The molecule has 0 aliphatic carbocycles. The molecule has 1 N–H and O–H groups in total. The van der Waals surface area contributed by atoms with Gasteiger partial charge in [0.1, 0.15) is 5.78 Å². The standard InChI is InChI=1S/C10H18BNO3/c1-3-10(14)12-9-5-4-8(15-11-9)6-7(2)13/h8-9,11H,3-6H2,1-2H3,(H,12,14). The van der Waals surface area contributed by atoms with E-state index in [0.717, 1.165) is 12.8 Å². The fourth-order valence-corrected chi connectivity index (χ4v) is 1.73. The van der Waals surface area contributed by atoms with E-state index >= 15 is 0 Å². The lowest BCUT2D eigenvalue weighted by Crippen LogP contribution is -2.45. The normalized spacial score (nSPS) is 25.5. The average Bonchev–Trinajstić information content (AvgIpc) is 2.20. The molecule has 0 saturated carbocycles. The highest BCUT2D eigenvalue weighted by atomic mass is 16.4. The summed E-state index contributed by atoms with van der Waals surface area (Å²) in [5.74, 6) is 0.352. The highest BCUT2D eigenvalue weighted by Gasteiger charge is 2.24. The molecule has 84 valence electrons. The number of amides is 1. The van der Waals surface area contributed by atoms with Crippen LogP contribution in [0.15, 0.2) is 0 Å². The Morgan fingerprint density at radius 2 is 2.20 bits per heavy atom. The van der Waals surface area contributed by atoms with Crippen molar-refractivity contribution in [2.24, 2.45) is 0 Å². The number of hydrogen-bond acceptors (Lipinski definition) is 3. The Bertz CT molecular complexity index is 237. The molecule has 2 unspecified atom stereocenters. The first-order valence-corrected chi connectivity index (χ1v) is 5.52. The SMILES string of the molecule is CCC(=O)NC1BOC(CC(C)=O)CC1. The van der Waals surface area contributed by atoms with Crippen LogP contribution in [-0.2, 0) is 14.2 Å². The smallest absolute Gasteiger partial charge is 0.297 e. The lowest BCUT2D eigenvalue weighted by Gasteiger charge is -2.28. The maximum absolute atomic E-state index is 11.1. The molecule has 1 aliphatic rings. The third-order valence-corrected chi connectivity index (χ3v) is 2.57. The molecule has 0 aromatic rings. The van der Waals surface area contributed by atoms with E-state index in [1.165, 1.54) is 0 Å². The molecule has 2 atom stereocenters. The van der Waals surface area contributed by atoms with Crippen LogP contribution in [0.2, 0.25) is 0 Å². The second kappa shape index (κ2) is 5.90. The van der Waals surface area contributed by atoms with Gasteiger partial charge in [-0.3, -0.25) is 9.59 Å². The van der Waals surface area contributed by atoms with Crippen LogP contribution in [0.4, 0.5) is 0 Å². The van der Waals surface area contributed by atoms with Crippen LogP contribution < -0.4 is 5.32 Å². The summed E-state index contributed by atoms with van der Waals surface area (Å²) < 4.78 is 5.51. The molecule has 15 heavy (non-hydrogen) atoms. The summed E-state index contributed by atoms with van der Waals surface area (Å²) in [6.07, 6.45) is 2.82. The molecule has 1 amide bonds. The first-order valence-electron chi connectivity index (χ1n) is 5.52. The van der Waals surface area contributed by atoms with Crippen molar-refractivity contribution in [3.8, 4) is 0 Å². The molecule has 0 aromatic carbocycles. The molecule has 5 heteroatoms. The molecule has 0 aromatic heterocycles. The van der Waals surface area contributed by atoms with Gasteiger partial charge in [0, 0.05) is 24.9 Å². The van der Waals surface area contributed by atoms with Crippen LogP contribution in [0.25, 0.3) is 0 Å². The van der Waals surface area contributed by atoms with Gasteiger partial charge < -0.3 is 9.97 Å². The fraction of sp³-hybridized carbons (Fsp3) is 0.800. The molecule has 0 spiro atoms.